The van der Waals surface area contributed by atoms with Gasteiger partial charge in [0.2, 0.25) is 0 Å². The molecular weight excluding hydrogens is 256 g/mol. The number of benzene rings is 2. The Morgan fingerprint density at radius 2 is 1.00 bits per heavy atom. The average Bonchev–Trinajstić information content (AvgIpc) is 2.40. The molecule has 0 aromatic heterocycles. The molecule has 2 rings (SSSR count). The highest BCUT2D eigenvalue weighted by Gasteiger charge is 2.25. The summed E-state index contributed by atoms with van der Waals surface area (Å²) in [5.74, 6) is 0. The van der Waals surface area contributed by atoms with Crippen molar-refractivity contribution in [2.75, 3.05) is 11.5 Å². The molecule has 2 nitrogen and oxygen atoms in total. The van der Waals surface area contributed by atoms with Gasteiger partial charge in [-0.25, -0.2) is 0 Å². The lowest BCUT2D eigenvalue weighted by Crippen LogP contribution is -2.20. The molecule has 4 N–H and O–H groups in total. The van der Waals surface area contributed by atoms with Crippen molar-refractivity contribution in [1.82, 2.24) is 0 Å². The summed E-state index contributed by atoms with van der Waals surface area (Å²) in [7, 11) is 0. The van der Waals surface area contributed by atoms with E-state index in [-0.39, 0.29) is 5.41 Å². The third-order valence-corrected chi connectivity index (χ3v) is 4.86. The number of rotatable bonds is 2. The van der Waals surface area contributed by atoms with Crippen LogP contribution in [0, 0.1) is 27.7 Å². The minimum atomic E-state index is -0.126. The normalized spacial score (nSPS) is 11.7. The molecule has 0 radical (unpaired) electrons. The van der Waals surface area contributed by atoms with Crippen LogP contribution in [0.4, 0.5) is 11.4 Å². The molecule has 0 bridgehead atoms. The Labute approximate surface area is 128 Å². The fraction of sp³-hybridized carbons (Fsp3) is 0.368. The Bertz CT molecular complexity index is 591. The maximum absolute atomic E-state index is 6.16. The molecule has 0 aliphatic heterocycles. The van der Waals surface area contributed by atoms with Gasteiger partial charge in [0, 0.05) is 16.8 Å². The molecule has 112 valence electrons. The van der Waals surface area contributed by atoms with E-state index in [1.54, 1.807) is 0 Å². The van der Waals surface area contributed by atoms with Crippen molar-refractivity contribution in [2.45, 2.75) is 47.0 Å². The Morgan fingerprint density at radius 3 is 1.29 bits per heavy atom. The number of hydrogen-bond acceptors (Lipinski definition) is 2. The van der Waals surface area contributed by atoms with Gasteiger partial charge in [0.05, 0.1) is 0 Å². The molecule has 2 aromatic rings. The first-order valence-electron chi connectivity index (χ1n) is 7.39. The SMILES string of the molecule is Cc1cc(C(C)(C)c2cc(C)c(C)c(N)c2)cc(N)c1C. The molecule has 0 amide bonds. The summed E-state index contributed by atoms with van der Waals surface area (Å²) in [5.41, 5.74) is 21.1. The third kappa shape index (κ3) is 2.63. The van der Waals surface area contributed by atoms with Gasteiger partial charge >= 0.3 is 0 Å². The van der Waals surface area contributed by atoms with E-state index in [0.29, 0.717) is 0 Å². The van der Waals surface area contributed by atoms with Crippen molar-refractivity contribution in [2.24, 2.45) is 0 Å². The van der Waals surface area contributed by atoms with E-state index >= 15 is 0 Å². The van der Waals surface area contributed by atoms with Gasteiger partial charge in [0.25, 0.3) is 0 Å². The fourth-order valence-corrected chi connectivity index (χ4v) is 2.66. The highest BCUT2D eigenvalue weighted by Crippen LogP contribution is 2.36. The van der Waals surface area contributed by atoms with Gasteiger partial charge in [-0.15, -0.1) is 0 Å². The second-order valence-electron chi connectivity index (χ2n) is 6.64. The van der Waals surface area contributed by atoms with Gasteiger partial charge in [-0.05, 0) is 73.2 Å². The third-order valence-electron chi connectivity index (χ3n) is 4.86. The van der Waals surface area contributed by atoms with Crippen LogP contribution in [0.1, 0.15) is 47.2 Å². The van der Waals surface area contributed by atoms with Crippen LogP contribution >= 0.6 is 0 Å². The number of hydrogen-bond donors (Lipinski definition) is 2. The van der Waals surface area contributed by atoms with Crippen LogP contribution in [0.15, 0.2) is 24.3 Å². The molecule has 0 fully saturated rings. The van der Waals surface area contributed by atoms with E-state index in [1.807, 2.05) is 0 Å². The van der Waals surface area contributed by atoms with Gasteiger partial charge in [-0.1, -0.05) is 26.0 Å². The van der Waals surface area contributed by atoms with Crippen LogP contribution in [0.3, 0.4) is 0 Å². The molecule has 0 spiro atoms. The van der Waals surface area contributed by atoms with E-state index in [9.17, 15) is 0 Å². The van der Waals surface area contributed by atoms with Crippen LogP contribution < -0.4 is 11.5 Å². The van der Waals surface area contributed by atoms with Gasteiger partial charge in [-0.3, -0.25) is 0 Å². The Morgan fingerprint density at radius 1 is 0.667 bits per heavy atom. The molecule has 2 heteroatoms. The summed E-state index contributed by atoms with van der Waals surface area (Å²) in [6, 6.07) is 8.65. The summed E-state index contributed by atoms with van der Waals surface area (Å²) in [5, 5.41) is 0. The number of nitrogen functional groups attached to an aromatic ring is 2. The van der Waals surface area contributed by atoms with Crippen LogP contribution in [0.2, 0.25) is 0 Å². The smallest absolute Gasteiger partial charge is 0.0349 e. The van der Waals surface area contributed by atoms with E-state index in [1.165, 1.54) is 22.3 Å². The summed E-state index contributed by atoms with van der Waals surface area (Å²) >= 11 is 0. The predicted octanol–water partition coefficient (Wildman–Crippen LogP) is 4.41. The second-order valence-corrected chi connectivity index (χ2v) is 6.64. The second kappa shape index (κ2) is 5.10. The summed E-state index contributed by atoms with van der Waals surface area (Å²) in [6.45, 7) is 12.8. The van der Waals surface area contributed by atoms with Crippen molar-refractivity contribution in [3.8, 4) is 0 Å². The van der Waals surface area contributed by atoms with Crippen molar-refractivity contribution in [3.05, 3.63) is 57.6 Å². The first-order valence-corrected chi connectivity index (χ1v) is 7.39. The van der Waals surface area contributed by atoms with Crippen LogP contribution in [-0.4, -0.2) is 0 Å². The quantitative estimate of drug-likeness (QED) is 0.802. The van der Waals surface area contributed by atoms with Crippen molar-refractivity contribution in [1.29, 1.82) is 0 Å². The van der Waals surface area contributed by atoms with E-state index in [2.05, 4.69) is 65.8 Å². The molecule has 2 aromatic carbocycles. The standard InChI is InChI=1S/C19H26N2/c1-11-7-15(9-17(20)13(11)3)19(5,6)16-8-12(2)14(4)18(21)10-16/h7-10H,20-21H2,1-6H3. The average molecular weight is 282 g/mol. The fourth-order valence-electron chi connectivity index (χ4n) is 2.66. The molecule has 21 heavy (non-hydrogen) atoms. The van der Waals surface area contributed by atoms with Crippen molar-refractivity contribution < 1.29 is 0 Å². The summed E-state index contributed by atoms with van der Waals surface area (Å²) < 4.78 is 0. The van der Waals surface area contributed by atoms with Crippen LogP contribution in [0.5, 0.6) is 0 Å². The van der Waals surface area contributed by atoms with Crippen LogP contribution in [-0.2, 0) is 5.41 Å². The van der Waals surface area contributed by atoms with Gasteiger partial charge in [-0.2, -0.15) is 0 Å². The summed E-state index contributed by atoms with van der Waals surface area (Å²) in [4.78, 5) is 0. The summed E-state index contributed by atoms with van der Waals surface area (Å²) in [6.07, 6.45) is 0. The number of nitrogens with two attached hydrogens (primary N) is 2. The van der Waals surface area contributed by atoms with E-state index in [0.717, 1.165) is 22.5 Å². The van der Waals surface area contributed by atoms with Crippen LogP contribution in [0.25, 0.3) is 0 Å². The molecule has 0 saturated carbocycles. The topological polar surface area (TPSA) is 52.0 Å². The number of aryl methyl sites for hydroxylation is 2. The maximum Gasteiger partial charge on any atom is 0.0349 e. The molecule has 0 saturated heterocycles. The molecular formula is C19H26N2. The van der Waals surface area contributed by atoms with Gasteiger partial charge in [0.1, 0.15) is 0 Å². The molecule has 0 unspecified atom stereocenters. The van der Waals surface area contributed by atoms with Gasteiger partial charge < -0.3 is 11.5 Å². The maximum atomic E-state index is 6.16. The monoisotopic (exact) mass is 282 g/mol. The lowest BCUT2D eigenvalue weighted by molar-refractivity contribution is 0.639. The van der Waals surface area contributed by atoms with Gasteiger partial charge in [0.15, 0.2) is 0 Å². The molecule has 0 heterocycles. The van der Waals surface area contributed by atoms with E-state index in [4.69, 9.17) is 11.5 Å². The lowest BCUT2D eigenvalue weighted by Gasteiger charge is -2.28. The first-order chi connectivity index (χ1) is 9.64. The predicted molar refractivity (Wildman–Crippen MR) is 92.8 cm³/mol. The zero-order valence-electron chi connectivity index (χ0n) is 14.0. The Kier molecular flexibility index (Phi) is 3.75. The van der Waals surface area contributed by atoms with E-state index < -0.39 is 0 Å². The lowest BCUT2D eigenvalue weighted by atomic mass is 9.76. The largest absolute Gasteiger partial charge is 0.398 e. The highest BCUT2D eigenvalue weighted by molar-refractivity contribution is 5.59. The molecule has 0 aliphatic rings. The zero-order chi connectivity index (χ0) is 15.9. The Hall–Kier alpha value is -1.96. The minimum Gasteiger partial charge on any atom is -0.398 e. The molecule has 0 atom stereocenters. The zero-order valence-corrected chi connectivity index (χ0v) is 14.0. The highest BCUT2D eigenvalue weighted by atomic mass is 14.6. The van der Waals surface area contributed by atoms with Crippen molar-refractivity contribution in [3.63, 3.8) is 0 Å². The Balaban J connectivity index is 2.61. The van der Waals surface area contributed by atoms with Crippen molar-refractivity contribution >= 4 is 11.4 Å². The first kappa shape index (κ1) is 15.4. The number of anilines is 2. The molecule has 0 aliphatic carbocycles. The minimum absolute atomic E-state index is 0.126.